The standard InChI is InChI=1S/C8H14O4S4/c1-11-7(9)3-5-13-15-16-14-6-4-8(10)12-2/h3-6H2,1-2H3. The van der Waals surface area contributed by atoms with Crippen LogP contribution in [0.5, 0.6) is 0 Å². The first-order valence-electron chi connectivity index (χ1n) is 4.42. The number of ether oxygens (including phenoxy) is 2. The van der Waals surface area contributed by atoms with E-state index in [-0.39, 0.29) is 11.9 Å². The number of hydrogen-bond acceptors (Lipinski definition) is 8. The molecule has 0 aromatic rings. The van der Waals surface area contributed by atoms with Crippen LogP contribution in [0.4, 0.5) is 0 Å². The van der Waals surface area contributed by atoms with Gasteiger partial charge in [-0.05, 0) is 19.7 Å². The van der Waals surface area contributed by atoms with E-state index in [2.05, 4.69) is 9.47 Å². The van der Waals surface area contributed by atoms with Crippen molar-refractivity contribution >= 4 is 53.2 Å². The Kier molecular flexibility index (Phi) is 12.1. The highest BCUT2D eigenvalue weighted by Gasteiger charge is 2.02. The van der Waals surface area contributed by atoms with Crippen LogP contribution < -0.4 is 0 Å². The van der Waals surface area contributed by atoms with Gasteiger partial charge in [0.1, 0.15) is 0 Å². The SMILES string of the molecule is COC(=O)CCSSSSCCC(=O)OC. The molecule has 0 rings (SSSR count). The number of rotatable bonds is 9. The van der Waals surface area contributed by atoms with Gasteiger partial charge < -0.3 is 9.47 Å². The van der Waals surface area contributed by atoms with Crippen LogP contribution in [0.2, 0.25) is 0 Å². The molecular weight excluding hydrogens is 288 g/mol. The van der Waals surface area contributed by atoms with Crippen molar-refractivity contribution in [2.75, 3.05) is 25.7 Å². The normalized spacial score (nSPS) is 9.88. The van der Waals surface area contributed by atoms with Crippen molar-refractivity contribution in [3.05, 3.63) is 0 Å². The third-order valence-corrected chi connectivity index (χ3v) is 7.82. The first-order valence-corrected chi connectivity index (χ1v) is 9.57. The highest BCUT2D eigenvalue weighted by atomic mass is 33.7. The van der Waals surface area contributed by atoms with Gasteiger partial charge in [-0.15, -0.1) is 0 Å². The fourth-order valence-electron chi connectivity index (χ4n) is 0.561. The summed E-state index contributed by atoms with van der Waals surface area (Å²) in [5.74, 6) is 1.11. The fourth-order valence-corrected chi connectivity index (χ4v) is 6.47. The molecule has 16 heavy (non-hydrogen) atoms. The van der Waals surface area contributed by atoms with Crippen LogP contribution >= 0.6 is 41.2 Å². The molecule has 8 heteroatoms. The van der Waals surface area contributed by atoms with E-state index in [1.165, 1.54) is 14.2 Å². The summed E-state index contributed by atoms with van der Waals surface area (Å²) in [5.41, 5.74) is 0. The molecule has 0 aliphatic carbocycles. The average molecular weight is 302 g/mol. The first-order chi connectivity index (χ1) is 7.70. The number of esters is 2. The molecule has 0 aromatic heterocycles. The molecule has 0 saturated carbocycles. The Balaban J connectivity index is 3.10. The molecule has 0 saturated heterocycles. The predicted molar refractivity (Wildman–Crippen MR) is 73.4 cm³/mol. The summed E-state index contributed by atoms with van der Waals surface area (Å²) in [6.07, 6.45) is 0.864. The number of carbonyl (C=O) groups is 2. The van der Waals surface area contributed by atoms with Gasteiger partial charge in [0.2, 0.25) is 0 Å². The van der Waals surface area contributed by atoms with Gasteiger partial charge in [0.05, 0.1) is 27.1 Å². The Hall–Kier alpha value is 0.340. The predicted octanol–water partition coefficient (Wildman–Crippen LogP) is 2.79. The molecule has 0 N–H and O–H groups in total. The molecule has 0 amide bonds. The van der Waals surface area contributed by atoms with Gasteiger partial charge >= 0.3 is 11.9 Å². The number of methoxy groups -OCH3 is 2. The van der Waals surface area contributed by atoms with Crippen molar-refractivity contribution in [1.29, 1.82) is 0 Å². The van der Waals surface area contributed by atoms with Crippen LogP contribution in [0.1, 0.15) is 12.8 Å². The Labute approximate surface area is 111 Å². The molecule has 94 valence electrons. The third kappa shape index (κ3) is 10.8. The highest BCUT2D eigenvalue weighted by Crippen LogP contribution is 2.43. The van der Waals surface area contributed by atoms with E-state index in [0.29, 0.717) is 12.8 Å². The minimum absolute atomic E-state index is 0.184. The van der Waals surface area contributed by atoms with Gasteiger partial charge in [-0.3, -0.25) is 9.59 Å². The maximum atomic E-state index is 10.7. The van der Waals surface area contributed by atoms with E-state index in [9.17, 15) is 9.59 Å². The largest absolute Gasteiger partial charge is 0.469 e. The van der Waals surface area contributed by atoms with Crippen molar-refractivity contribution in [3.63, 3.8) is 0 Å². The number of carbonyl (C=O) groups excluding carboxylic acids is 2. The van der Waals surface area contributed by atoms with Gasteiger partial charge in [-0.25, -0.2) is 0 Å². The zero-order valence-electron chi connectivity index (χ0n) is 9.09. The quantitative estimate of drug-likeness (QED) is 0.366. The average Bonchev–Trinajstić information content (AvgIpc) is 2.31. The lowest BCUT2D eigenvalue weighted by molar-refractivity contribution is -0.140. The second kappa shape index (κ2) is 11.8. The van der Waals surface area contributed by atoms with Crippen molar-refractivity contribution in [1.82, 2.24) is 0 Å². The molecule has 0 aliphatic heterocycles. The van der Waals surface area contributed by atoms with E-state index in [4.69, 9.17) is 0 Å². The van der Waals surface area contributed by atoms with Gasteiger partial charge in [0, 0.05) is 11.5 Å². The lowest BCUT2D eigenvalue weighted by atomic mass is 10.5. The topological polar surface area (TPSA) is 52.6 Å². The summed E-state index contributed by atoms with van der Waals surface area (Å²) in [5, 5.41) is 0. The van der Waals surface area contributed by atoms with Crippen molar-refractivity contribution < 1.29 is 19.1 Å². The lowest BCUT2D eigenvalue weighted by Crippen LogP contribution is -2.00. The summed E-state index contributed by atoms with van der Waals surface area (Å²) in [7, 11) is 9.18. The summed E-state index contributed by atoms with van der Waals surface area (Å²) in [6.45, 7) is 0. The lowest BCUT2D eigenvalue weighted by Gasteiger charge is -2.00. The van der Waals surface area contributed by atoms with Crippen LogP contribution in [-0.4, -0.2) is 37.7 Å². The molecule has 0 fully saturated rings. The van der Waals surface area contributed by atoms with E-state index in [1.807, 2.05) is 0 Å². The van der Waals surface area contributed by atoms with E-state index in [1.54, 1.807) is 41.2 Å². The molecule has 0 aliphatic rings. The summed E-state index contributed by atoms with van der Waals surface area (Å²) >= 11 is 0. The minimum Gasteiger partial charge on any atom is -0.469 e. The first kappa shape index (κ1) is 16.3. The Morgan fingerprint density at radius 1 is 0.875 bits per heavy atom. The van der Waals surface area contributed by atoms with Crippen LogP contribution in [-0.2, 0) is 19.1 Å². The Bertz CT molecular complexity index is 190. The number of hydrogen-bond donors (Lipinski definition) is 0. The Morgan fingerprint density at radius 2 is 1.25 bits per heavy atom. The fraction of sp³-hybridized carbons (Fsp3) is 0.750. The molecule has 0 atom stereocenters. The molecule has 0 heterocycles. The van der Waals surface area contributed by atoms with Gasteiger partial charge in [-0.1, -0.05) is 21.6 Å². The third-order valence-electron chi connectivity index (χ3n) is 1.36. The van der Waals surface area contributed by atoms with Gasteiger partial charge in [0.15, 0.2) is 0 Å². The van der Waals surface area contributed by atoms with Crippen LogP contribution in [0, 0.1) is 0 Å². The highest BCUT2D eigenvalue weighted by molar-refractivity contribution is 9.26. The molecular formula is C8H14O4S4. The second-order valence-corrected chi connectivity index (χ2v) is 8.67. The molecule has 4 nitrogen and oxygen atoms in total. The van der Waals surface area contributed by atoms with Crippen LogP contribution in [0.15, 0.2) is 0 Å². The maximum absolute atomic E-state index is 10.7. The summed E-state index contributed by atoms with van der Waals surface area (Å²) < 4.78 is 9.02. The van der Waals surface area contributed by atoms with Crippen LogP contribution in [0.25, 0.3) is 0 Å². The van der Waals surface area contributed by atoms with Crippen molar-refractivity contribution in [2.45, 2.75) is 12.8 Å². The molecule has 0 aromatic carbocycles. The Morgan fingerprint density at radius 3 is 1.56 bits per heavy atom. The zero-order valence-corrected chi connectivity index (χ0v) is 12.4. The molecule has 0 unspecified atom stereocenters. The molecule has 0 radical (unpaired) electrons. The molecule has 0 bridgehead atoms. The van der Waals surface area contributed by atoms with E-state index < -0.39 is 0 Å². The monoisotopic (exact) mass is 302 g/mol. The van der Waals surface area contributed by atoms with Crippen molar-refractivity contribution in [3.8, 4) is 0 Å². The van der Waals surface area contributed by atoms with Crippen LogP contribution in [0.3, 0.4) is 0 Å². The zero-order chi connectivity index (χ0) is 12.2. The summed E-state index contributed by atoms with van der Waals surface area (Å²) in [6, 6.07) is 0. The minimum atomic E-state index is -0.184. The summed E-state index contributed by atoms with van der Waals surface area (Å²) in [4.78, 5) is 21.5. The van der Waals surface area contributed by atoms with E-state index >= 15 is 0 Å². The second-order valence-electron chi connectivity index (χ2n) is 2.43. The maximum Gasteiger partial charge on any atom is 0.306 e. The van der Waals surface area contributed by atoms with Gasteiger partial charge in [-0.2, -0.15) is 0 Å². The molecule has 0 spiro atoms. The van der Waals surface area contributed by atoms with Gasteiger partial charge in [0.25, 0.3) is 0 Å². The smallest absolute Gasteiger partial charge is 0.306 e. The van der Waals surface area contributed by atoms with Crippen molar-refractivity contribution in [2.24, 2.45) is 0 Å². The van der Waals surface area contributed by atoms with E-state index in [0.717, 1.165) is 11.5 Å².